The Hall–Kier alpha value is -3.80. The van der Waals surface area contributed by atoms with Crippen molar-refractivity contribution in [3.8, 4) is 22.6 Å². The number of nitrogens with zero attached hydrogens (tertiary/aromatic N) is 6. The summed E-state index contributed by atoms with van der Waals surface area (Å²) in [6.07, 6.45) is 7.03. The van der Waals surface area contributed by atoms with E-state index in [-0.39, 0.29) is 10.8 Å². The van der Waals surface area contributed by atoms with Gasteiger partial charge in [-0.3, -0.25) is 9.97 Å². The summed E-state index contributed by atoms with van der Waals surface area (Å²) in [6.45, 7) is 13.1. The highest BCUT2D eigenvalue weighted by molar-refractivity contribution is 5.93. The van der Waals surface area contributed by atoms with Crippen LogP contribution < -0.4 is 0 Å². The van der Waals surface area contributed by atoms with Gasteiger partial charge in [0.05, 0.1) is 17.2 Å². The van der Waals surface area contributed by atoms with E-state index in [9.17, 15) is 0 Å². The summed E-state index contributed by atoms with van der Waals surface area (Å²) in [5, 5.41) is 0. The monoisotopic (exact) mass is 448 g/mol. The standard InChI is InChI=1S/C28H28N6/c1-27(2,3)19-12-13-30-25-22(17-10-8-7-9-11-17)33-26(34-23(19)25)18-14-31-20-15-29-16-32-24(20)21(18)28(4,5)6/h7-16H,1-6H3. The van der Waals surface area contributed by atoms with Gasteiger partial charge in [0.2, 0.25) is 0 Å². The zero-order chi connectivity index (χ0) is 24.1. The predicted octanol–water partition coefficient (Wildman–Crippen LogP) is 6.29. The molecule has 34 heavy (non-hydrogen) atoms. The molecule has 0 atom stereocenters. The lowest BCUT2D eigenvalue weighted by atomic mass is 9.83. The maximum absolute atomic E-state index is 5.12. The van der Waals surface area contributed by atoms with Crippen LogP contribution in [0.2, 0.25) is 0 Å². The first-order valence-electron chi connectivity index (χ1n) is 11.5. The highest BCUT2D eigenvalue weighted by Crippen LogP contribution is 2.38. The molecule has 6 nitrogen and oxygen atoms in total. The van der Waals surface area contributed by atoms with Crippen LogP contribution in [0.3, 0.4) is 0 Å². The van der Waals surface area contributed by atoms with E-state index < -0.39 is 0 Å². The van der Waals surface area contributed by atoms with Crippen molar-refractivity contribution >= 4 is 22.1 Å². The molecule has 5 aromatic rings. The van der Waals surface area contributed by atoms with Gasteiger partial charge in [-0.15, -0.1) is 0 Å². The molecule has 0 aliphatic heterocycles. The number of hydrogen-bond donors (Lipinski definition) is 0. The third kappa shape index (κ3) is 3.79. The number of rotatable bonds is 2. The van der Waals surface area contributed by atoms with Gasteiger partial charge >= 0.3 is 0 Å². The summed E-state index contributed by atoms with van der Waals surface area (Å²) in [5.41, 5.74) is 7.81. The largest absolute Gasteiger partial charge is 0.252 e. The zero-order valence-corrected chi connectivity index (χ0v) is 20.5. The molecule has 0 N–H and O–H groups in total. The summed E-state index contributed by atoms with van der Waals surface area (Å²) in [4.78, 5) is 28.4. The molecule has 0 bridgehead atoms. The van der Waals surface area contributed by atoms with Crippen molar-refractivity contribution < 1.29 is 0 Å². The summed E-state index contributed by atoms with van der Waals surface area (Å²) in [5.74, 6) is 0.628. The minimum atomic E-state index is -0.210. The molecule has 6 heteroatoms. The van der Waals surface area contributed by atoms with E-state index in [1.807, 2.05) is 30.6 Å². The molecule has 0 aliphatic rings. The van der Waals surface area contributed by atoms with Gasteiger partial charge in [-0.2, -0.15) is 0 Å². The first-order chi connectivity index (χ1) is 16.1. The topological polar surface area (TPSA) is 77.3 Å². The molecular weight excluding hydrogens is 420 g/mol. The molecule has 0 unspecified atom stereocenters. The van der Waals surface area contributed by atoms with Crippen LogP contribution in [0.1, 0.15) is 52.7 Å². The van der Waals surface area contributed by atoms with Gasteiger partial charge in [0.15, 0.2) is 5.82 Å². The molecule has 0 fully saturated rings. The van der Waals surface area contributed by atoms with E-state index in [1.54, 1.807) is 12.5 Å². The van der Waals surface area contributed by atoms with Crippen molar-refractivity contribution in [2.75, 3.05) is 0 Å². The molecule has 0 saturated heterocycles. The number of fused-ring (bicyclic) bond motifs is 2. The van der Waals surface area contributed by atoms with Gasteiger partial charge in [0.25, 0.3) is 0 Å². The smallest absolute Gasteiger partial charge is 0.162 e. The van der Waals surface area contributed by atoms with Crippen LogP contribution in [0, 0.1) is 0 Å². The fourth-order valence-electron chi connectivity index (χ4n) is 4.42. The maximum Gasteiger partial charge on any atom is 0.162 e. The second kappa shape index (κ2) is 7.90. The van der Waals surface area contributed by atoms with Crippen molar-refractivity contribution in [3.63, 3.8) is 0 Å². The van der Waals surface area contributed by atoms with Crippen LogP contribution in [-0.4, -0.2) is 29.9 Å². The first-order valence-corrected chi connectivity index (χ1v) is 11.5. The van der Waals surface area contributed by atoms with E-state index in [1.165, 1.54) is 0 Å². The van der Waals surface area contributed by atoms with Crippen molar-refractivity contribution in [2.45, 2.75) is 52.4 Å². The number of aromatic nitrogens is 6. The normalized spacial score (nSPS) is 12.4. The van der Waals surface area contributed by atoms with Crippen LogP contribution >= 0.6 is 0 Å². The Labute approximate surface area is 199 Å². The van der Waals surface area contributed by atoms with Crippen molar-refractivity contribution in [1.29, 1.82) is 0 Å². The lowest BCUT2D eigenvalue weighted by Crippen LogP contribution is -2.16. The molecule has 0 saturated carbocycles. The van der Waals surface area contributed by atoms with Crippen LogP contribution in [0.5, 0.6) is 0 Å². The summed E-state index contributed by atoms with van der Waals surface area (Å²) in [6, 6.07) is 12.2. The third-order valence-electron chi connectivity index (χ3n) is 5.96. The molecule has 4 aromatic heterocycles. The van der Waals surface area contributed by atoms with E-state index in [4.69, 9.17) is 15.0 Å². The van der Waals surface area contributed by atoms with Crippen LogP contribution in [-0.2, 0) is 10.8 Å². The Morgan fingerprint density at radius 1 is 0.676 bits per heavy atom. The van der Waals surface area contributed by atoms with Gasteiger partial charge in [0, 0.05) is 23.5 Å². The Balaban J connectivity index is 1.92. The number of pyridine rings is 2. The lowest BCUT2D eigenvalue weighted by Gasteiger charge is -2.24. The zero-order valence-electron chi connectivity index (χ0n) is 20.5. The molecule has 0 aliphatic carbocycles. The van der Waals surface area contributed by atoms with Crippen molar-refractivity contribution in [2.24, 2.45) is 0 Å². The highest BCUT2D eigenvalue weighted by Gasteiger charge is 2.27. The maximum atomic E-state index is 5.12. The molecule has 0 amide bonds. The van der Waals surface area contributed by atoms with Gasteiger partial charge in [0.1, 0.15) is 23.1 Å². The van der Waals surface area contributed by atoms with Crippen LogP contribution in [0.4, 0.5) is 0 Å². The van der Waals surface area contributed by atoms with E-state index >= 15 is 0 Å². The highest BCUT2D eigenvalue weighted by atomic mass is 14.9. The molecular formula is C28H28N6. The van der Waals surface area contributed by atoms with Crippen LogP contribution in [0.15, 0.2) is 61.3 Å². The van der Waals surface area contributed by atoms with E-state index in [0.29, 0.717) is 5.82 Å². The fraction of sp³-hybridized carbons (Fsp3) is 0.286. The fourth-order valence-corrected chi connectivity index (χ4v) is 4.42. The van der Waals surface area contributed by atoms with Gasteiger partial charge < -0.3 is 0 Å². The third-order valence-corrected chi connectivity index (χ3v) is 5.96. The second-order valence-electron chi connectivity index (χ2n) is 10.6. The molecule has 5 rings (SSSR count). The van der Waals surface area contributed by atoms with E-state index in [0.717, 1.165) is 50.0 Å². The van der Waals surface area contributed by atoms with Gasteiger partial charge in [-0.05, 0) is 28.0 Å². The summed E-state index contributed by atoms with van der Waals surface area (Å²) in [7, 11) is 0. The molecule has 0 spiro atoms. The molecule has 170 valence electrons. The Morgan fingerprint density at radius 2 is 1.44 bits per heavy atom. The molecule has 4 heterocycles. The second-order valence-corrected chi connectivity index (χ2v) is 10.6. The van der Waals surface area contributed by atoms with Crippen molar-refractivity contribution in [3.05, 3.63) is 72.4 Å². The Kier molecular flexibility index (Phi) is 5.12. The van der Waals surface area contributed by atoms with Gasteiger partial charge in [-0.1, -0.05) is 71.9 Å². The summed E-state index contributed by atoms with van der Waals surface area (Å²) >= 11 is 0. The predicted molar refractivity (Wildman–Crippen MR) is 136 cm³/mol. The average Bonchev–Trinajstić information content (AvgIpc) is 2.81. The quantitative estimate of drug-likeness (QED) is 0.316. The molecule has 0 radical (unpaired) electrons. The minimum absolute atomic E-state index is 0.109. The van der Waals surface area contributed by atoms with Crippen molar-refractivity contribution in [1.82, 2.24) is 29.9 Å². The van der Waals surface area contributed by atoms with Gasteiger partial charge in [-0.25, -0.2) is 19.9 Å². The average molecular weight is 449 g/mol. The first kappa shape index (κ1) is 22.0. The Bertz CT molecular complexity index is 1510. The number of benzene rings is 1. The van der Waals surface area contributed by atoms with Crippen LogP contribution in [0.25, 0.3) is 44.7 Å². The SMILES string of the molecule is CC(C)(C)c1c(-c2nc(-c3ccccc3)c3nccc(C(C)(C)C)c3n2)cnc2cncnc12. The summed E-state index contributed by atoms with van der Waals surface area (Å²) < 4.78 is 0. The van der Waals surface area contributed by atoms with E-state index in [2.05, 4.69) is 74.7 Å². The lowest BCUT2D eigenvalue weighted by molar-refractivity contribution is 0.592. The number of hydrogen-bond acceptors (Lipinski definition) is 6. The minimum Gasteiger partial charge on any atom is -0.252 e. The molecule has 1 aromatic carbocycles. The Morgan fingerprint density at radius 3 is 2.15 bits per heavy atom.